The molecule has 0 amide bonds. The van der Waals surface area contributed by atoms with Gasteiger partial charge in [0.15, 0.2) is 11.6 Å². The molecule has 5 aromatic rings. The molecule has 2 N–H and O–H groups in total. The van der Waals surface area contributed by atoms with Crippen LogP contribution in [-0.2, 0) is 6.54 Å². The number of hydrogen-bond acceptors (Lipinski definition) is 6. The number of nitrogens with one attached hydrogen (secondary N) is 2. The van der Waals surface area contributed by atoms with Crippen LogP contribution in [-0.4, -0.2) is 30.1 Å². The second-order valence-corrected chi connectivity index (χ2v) is 6.51. The van der Waals surface area contributed by atoms with Crippen molar-refractivity contribution in [3.63, 3.8) is 0 Å². The van der Waals surface area contributed by atoms with E-state index in [0.29, 0.717) is 12.4 Å². The molecule has 4 aromatic heterocycles. The van der Waals surface area contributed by atoms with E-state index < -0.39 is 0 Å². The van der Waals surface area contributed by atoms with Crippen LogP contribution in [0.15, 0.2) is 47.1 Å². The number of rotatable bonds is 4. The van der Waals surface area contributed by atoms with E-state index in [2.05, 4.69) is 36.8 Å². The standard InChI is InChI=1S/C19H17N7O/c1-11-8-14(27-25-11)10-26-17-6-5-13(9-15(17)12(2)24-26)21-19-18-16(22-23-19)4-3-7-20-18/h3-9H,10H2,1-2H3,(H2,21,22,23). The number of aromatic amines is 1. The molecule has 8 nitrogen and oxygen atoms in total. The number of aryl methyl sites for hydroxylation is 2. The monoisotopic (exact) mass is 359 g/mol. The molecule has 0 bridgehead atoms. The van der Waals surface area contributed by atoms with Gasteiger partial charge in [0, 0.05) is 23.3 Å². The summed E-state index contributed by atoms with van der Waals surface area (Å²) >= 11 is 0. The number of anilines is 2. The summed E-state index contributed by atoms with van der Waals surface area (Å²) in [6.07, 6.45) is 1.76. The van der Waals surface area contributed by atoms with Gasteiger partial charge in [-0.05, 0) is 44.2 Å². The lowest BCUT2D eigenvalue weighted by atomic mass is 10.2. The van der Waals surface area contributed by atoms with Gasteiger partial charge < -0.3 is 9.84 Å². The van der Waals surface area contributed by atoms with Crippen LogP contribution in [0.25, 0.3) is 21.9 Å². The first kappa shape index (κ1) is 15.6. The Labute approximate surface area is 154 Å². The zero-order valence-corrected chi connectivity index (χ0v) is 14.9. The number of hydrogen-bond donors (Lipinski definition) is 2. The second-order valence-electron chi connectivity index (χ2n) is 6.51. The molecule has 0 saturated carbocycles. The number of benzene rings is 1. The van der Waals surface area contributed by atoms with E-state index in [-0.39, 0.29) is 0 Å². The lowest BCUT2D eigenvalue weighted by Crippen LogP contribution is -2.00. The van der Waals surface area contributed by atoms with Gasteiger partial charge in [0.1, 0.15) is 12.1 Å². The molecule has 1 aromatic carbocycles. The van der Waals surface area contributed by atoms with Crippen LogP contribution in [0.1, 0.15) is 17.1 Å². The van der Waals surface area contributed by atoms with E-state index in [0.717, 1.165) is 44.8 Å². The van der Waals surface area contributed by atoms with Gasteiger partial charge in [-0.15, -0.1) is 0 Å². The van der Waals surface area contributed by atoms with E-state index in [4.69, 9.17) is 4.52 Å². The summed E-state index contributed by atoms with van der Waals surface area (Å²) in [4.78, 5) is 4.38. The summed E-state index contributed by atoms with van der Waals surface area (Å²) in [6, 6.07) is 11.9. The predicted octanol–water partition coefficient (Wildman–Crippen LogP) is 3.70. The highest BCUT2D eigenvalue weighted by Crippen LogP contribution is 2.27. The molecule has 134 valence electrons. The normalized spacial score (nSPS) is 11.5. The zero-order chi connectivity index (χ0) is 18.4. The third-order valence-electron chi connectivity index (χ3n) is 4.50. The summed E-state index contributed by atoms with van der Waals surface area (Å²) in [7, 11) is 0. The molecule has 0 fully saturated rings. The van der Waals surface area contributed by atoms with Gasteiger partial charge in [0.05, 0.1) is 22.4 Å². The summed E-state index contributed by atoms with van der Waals surface area (Å²) in [5.74, 6) is 1.49. The lowest BCUT2D eigenvalue weighted by Gasteiger charge is -2.05. The first-order chi connectivity index (χ1) is 13.2. The fourth-order valence-electron chi connectivity index (χ4n) is 3.25. The van der Waals surface area contributed by atoms with Crippen molar-refractivity contribution in [3.05, 3.63) is 59.7 Å². The van der Waals surface area contributed by atoms with Gasteiger partial charge in [0.2, 0.25) is 0 Å². The van der Waals surface area contributed by atoms with Crippen molar-refractivity contribution >= 4 is 33.4 Å². The number of fused-ring (bicyclic) bond motifs is 2. The van der Waals surface area contributed by atoms with Gasteiger partial charge in [-0.3, -0.25) is 14.8 Å². The van der Waals surface area contributed by atoms with E-state index in [9.17, 15) is 0 Å². The van der Waals surface area contributed by atoms with E-state index >= 15 is 0 Å². The SMILES string of the molecule is Cc1cc(Cn2nc(C)c3cc(Nc4n[nH]c5cccnc45)ccc32)on1. The molecule has 0 aliphatic heterocycles. The highest BCUT2D eigenvalue weighted by atomic mass is 16.5. The average molecular weight is 359 g/mol. The van der Waals surface area contributed by atoms with E-state index in [1.54, 1.807) is 6.20 Å². The molecule has 0 radical (unpaired) electrons. The molecular weight excluding hydrogens is 342 g/mol. The molecule has 27 heavy (non-hydrogen) atoms. The van der Waals surface area contributed by atoms with Crippen LogP contribution in [0, 0.1) is 13.8 Å². The molecule has 0 atom stereocenters. The first-order valence-electron chi connectivity index (χ1n) is 8.63. The first-order valence-corrected chi connectivity index (χ1v) is 8.63. The van der Waals surface area contributed by atoms with Crippen molar-refractivity contribution in [1.29, 1.82) is 0 Å². The molecule has 0 aliphatic rings. The Hall–Kier alpha value is -3.68. The Kier molecular flexibility index (Phi) is 3.43. The number of H-pyrrole nitrogens is 1. The lowest BCUT2D eigenvalue weighted by molar-refractivity contribution is 0.369. The predicted molar refractivity (Wildman–Crippen MR) is 102 cm³/mol. The highest BCUT2D eigenvalue weighted by Gasteiger charge is 2.12. The average Bonchev–Trinajstić information content (AvgIpc) is 3.35. The van der Waals surface area contributed by atoms with Crippen LogP contribution in [0.3, 0.4) is 0 Å². The fraction of sp³-hybridized carbons (Fsp3) is 0.158. The van der Waals surface area contributed by atoms with Gasteiger partial charge in [-0.1, -0.05) is 5.16 Å². The topological polar surface area (TPSA) is 97.5 Å². The minimum atomic E-state index is 0.547. The number of nitrogens with zero attached hydrogens (tertiary/aromatic N) is 5. The second kappa shape index (κ2) is 5.94. The minimum Gasteiger partial charge on any atom is -0.359 e. The maximum Gasteiger partial charge on any atom is 0.178 e. The van der Waals surface area contributed by atoms with Crippen molar-refractivity contribution in [2.24, 2.45) is 0 Å². The van der Waals surface area contributed by atoms with Crippen molar-refractivity contribution in [2.75, 3.05) is 5.32 Å². The Morgan fingerprint density at radius 2 is 2.11 bits per heavy atom. The van der Waals surface area contributed by atoms with Gasteiger partial charge in [0.25, 0.3) is 0 Å². The van der Waals surface area contributed by atoms with E-state index in [1.807, 2.05) is 48.9 Å². The summed E-state index contributed by atoms with van der Waals surface area (Å²) in [5.41, 5.74) is 5.49. The quantitative estimate of drug-likeness (QED) is 0.508. The smallest absolute Gasteiger partial charge is 0.178 e. The minimum absolute atomic E-state index is 0.547. The third kappa shape index (κ3) is 2.71. The Bertz CT molecular complexity index is 1260. The maximum absolute atomic E-state index is 5.32. The third-order valence-corrected chi connectivity index (χ3v) is 4.50. The van der Waals surface area contributed by atoms with E-state index in [1.165, 1.54) is 0 Å². The van der Waals surface area contributed by atoms with Gasteiger partial charge >= 0.3 is 0 Å². The molecular formula is C19H17N7O. The summed E-state index contributed by atoms with van der Waals surface area (Å²) in [5, 5.41) is 20.3. The molecule has 8 heteroatoms. The molecule has 4 heterocycles. The van der Waals surface area contributed by atoms with Gasteiger partial charge in [-0.25, -0.2) is 0 Å². The molecule has 5 rings (SSSR count). The molecule has 0 saturated heterocycles. The molecule has 0 unspecified atom stereocenters. The summed E-state index contributed by atoms with van der Waals surface area (Å²) in [6.45, 7) is 4.45. The van der Waals surface area contributed by atoms with Crippen LogP contribution in [0.2, 0.25) is 0 Å². The van der Waals surface area contributed by atoms with Gasteiger partial charge in [-0.2, -0.15) is 10.2 Å². The van der Waals surface area contributed by atoms with Crippen molar-refractivity contribution in [2.45, 2.75) is 20.4 Å². The molecule has 0 spiro atoms. The van der Waals surface area contributed by atoms with Crippen LogP contribution in [0.5, 0.6) is 0 Å². The van der Waals surface area contributed by atoms with Crippen molar-refractivity contribution < 1.29 is 4.52 Å². The Balaban J connectivity index is 1.49. The van der Waals surface area contributed by atoms with Crippen molar-refractivity contribution in [1.82, 2.24) is 30.1 Å². The zero-order valence-electron chi connectivity index (χ0n) is 14.9. The highest BCUT2D eigenvalue weighted by molar-refractivity contribution is 5.90. The summed E-state index contributed by atoms with van der Waals surface area (Å²) < 4.78 is 7.25. The fourth-order valence-corrected chi connectivity index (χ4v) is 3.25. The maximum atomic E-state index is 5.32. The largest absolute Gasteiger partial charge is 0.359 e. The Morgan fingerprint density at radius 1 is 1.19 bits per heavy atom. The molecule has 0 aliphatic carbocycles. The number of aromatic nitrogens is 6. The number of pyridine rings is 1. The Morgan fingerprint density at radius 3 is 2.96 bits per heavy atom. The van der Waals surface area contributed by atoms with Crippen LogP contribution in [0.4, 0.5) is 11.5 Å². The van der Waals surface area contributed by atoms with Crippen LogP contribution >= 0.6 is 0 Å². The van der Waals surface area contributed by atoms with Crippen LogP contribution < -0.4 is 5.32 Å². The van der Waals surface area contributed by atoms with Crippen molar-refractivity contribution in [3.8, 4) is 0 Å².